The third-order valence-electron chi connectivity index (χ3n) is 5.99. The number of anilines is 2. The molecule has 0 saturated carbocycles. The summed E-state index contributed by atoms with van der Waals surface area (Å²) in [5, 5.41) is 9.54. The van der Waals surface area contributed by atoms with Crippen molar-refractivity contribution in [3.05, 3.63) is 53.7 Å². The lowest BCUT2D eigenvalue weighted by atomic mass is 10.0. The Labute approximate surface area is 190 Å². The monoisotopic (exact) mass is 451 g/mol. The predicted octanol–water partition coefficient (Wildman–Crippen LogP) is 3.38. The molecule has 1 amide bonds. The van der Waals surface area contributed by atoms with Gasteiger partial charge in [0.2, 0.25) is 0 Å². The summed E-state index contributed by atoms with van der Waals surface area (Å²) >= 11 is 0. The highest BCUT2D eigenvalue weighted by Crippen LogP contribution is 2.42. The highest BCUT2D eigenvalue weighted by molar-refractivity contribution is 6.06. The van der Waals surface area contributed by atoms with Crippen LogP contribution < -0.4 is 25.4 Å². The Kier molecular flexibility index (Phi) is 5.63. The van der Waals surface area contributed by atoms with Gasteiger partial charge in [0.05, 0.1) is 35.9 Å². The van der Waals surface area contributed by atoms with E-state index in [0.717, 1.165) is 30.8 Å². The zero-order chi connectivity index (χ0) is 22.9. The quantitative estimate of drug-likeness (QED) is 0.459. The van der Waals surface area contributed by atoms with Crippen molar-refractivity contribution in [2.24, 2.45) is 0 Å². The lowest BCUT2D eigenvalue weighted by Gasteiger charge is -2.21. The number of pyridine rings is 1. The minimum absolute atomic E-state index is 0.00854. The van der Waals surface area contributed by atoms with Crippen molar-refractivity contribution in [2.75, 3.05) is 25.5 Å². The van der Waals surface area contributed by atoms with Crippen LogP contribution >= 0.6 is 0 Å². The van der Waals surface area contributed by atoms with Crippen LogP contribution in [-0.4, -0.2) is 48.2 Å². The second kappa shape index (κ2) is 8.74. The molecule has 0 spiro atoms. The summed E-state index contributed by atoms with van der Waals surface area (Å²) in [4.78, 5) is 20.7. The topological polar surface area (TPSA) is 100 Å². The third-order valence-corrected chi connectivity index (χ3v) is 5.99. The van der Waals surface area contributed by atoms with Gasteiger partial charge in [-0.05, 0) is 38.1 Å². The number of hydrogen-bond donors (Lipinski definition) is 4. The number of methoxy groups -OCH3 is 1. The van der Waals surface area contributed by atoms with Gasteiger partial charge in [-0.15, -0.1) is 0 Å². The molecule has 4 heterocycles. The summed E-state index contributed by atoms with van der Waals surface area (Å²) in [6.07, 6.45) is 4.96. The summed E-state index contributed by atoms with van der Waals surface area (Å²) in [7, 11) is 1.41. The van der Waals surface area contributed by atoms with Gasteiger partial charge in [0.25, 0.3) is 5.91 Å². The second-order valence-electron chi connectivity index (χ2n) is 8.36. The fourth-order valence-corrected chi connectivity index (χ4v) is 4.47. The van der Waals surface area contributed by atoms with E-state index in [0.29, 0.717) is 34.8 Å². The Morgan fingerprint density at radius 3 is 2.94 bits per heavy atom. The number of nitrogens with one attached hydrogen (secondary N) is 4. The average Bonchev–Trinajstić information content (AvgIpc) is 3.42. The molecule has 3 aromatic rings. The first-order valence-electron chi connectivity index (χ1n) is 11.0. The van der Waals surface area contributed by atoms with Gasteiger partial charge in [-0.25, -0.2) is 4.39 Å². The van der Waals surface area contributed by atoms with Crippen molar-refractivity contribution in [3.8, 4) is 22.8 Å². The van der Waals surface area contributed by atoms with E-state index in [1.165, 1.54) is 13.2 Å². The van der Waals surface area contributed by atoms with Crippen molar-refractivity contribution in [1.82, 2.24) is 20.6 Å². The number of hydrogen-bond acceptors (Lipinski definition) is 6. The molecule has 2 atom stereocenters. The standard InChI is InChI=1S/C24H26FN5O3/c1-13-10-18-20(24(31)28-13)22(29-17-5-3-4-16(25)23(17)32-2)21(30-18)15-7-9-27-12-19(15)33-14-6-8-26-11-14/h3-5,7,9,12-14,26,29-30H,6,8,10-11H2,1-2H3,(H,28,31)/t13-,14+/m0/s1. The van der Waals surface area contributed by atoms with Crippen molar-refractivity contribution < 1.29 is 18.7 Å². The fourth-order valence-electron chi connectivity index (χ4n) is 4.47. The largest absolute Gasteiger partial charge is 0.492 e. The van der Waals surface area contributed by atoms with Crippen LogP contribution in [0.1, 0.15) is 29.4 Å². The first kappa shape index (κ1) is 21.3. The molecular formula is C24H26FN5O3. The number of para-hydroxylation sites is 1. The Morgan fingerprint density at radius 1 is 1.27 bits per heavy atom. The summed E-state index contributed by atoms with van der Waals surface area (Å²) in [6, 6.07) is 6.48. The summed E-state index contributed by atoms with van der Waals surface area (Å²) in [6.45, 7) is 3.63. The molecule has 1 fully saturated rings. The maximum Gasteiger partial charge on any atom is 0.255 e. The van der Waals surface area contributed by atoms with Gasteiger partial charge in [-0.2, -0.15) is 0 Å². The van der Waals surface area contributed by atoms with Gasteiger partial charge in [0.1, 0.15) is 11.9 Å². The van der Waals surface area contributed by atoms with Crippen LogP contribution in [0, 0.1) is 5.82 Å². The third kappa shape index (κ3) is 4.00. The van der Waals surface area contributed by atoms with Crippen LogP contribution in [0.15, 0.2) is 36.7 Å². The Hall–Kier alpha value is -3.59. The molecule has 4 N–H and O–H groups in total. The number of rotatable bonds is 6. The van der Waals surface area contributed by atoms with Crippen molar-refractivity contribution in [3.63, 3.8) is 0 Å². The maximum atomic E-state index is 14.4. The second-order valence-corrected chi connectivity index (χ2v) is 8.36. The molecule has 0 bridgehead atoms. The molecule has 2 aliphatic rings. The molecule has 1 aromatic carbocycles. The number of fused-ring (bicyclic) bond motifs is 1. The first-order chi connectivity index (χ1) is 16.0. The van der Waals surface area contributed by atoms with Gasteiger partial charge >= 0.3 is 0 Å². The normalized spacial score (nSPS) is 19.7. The number of carbonyl (C=O) groups is 1. The first-order valence-corrected chi connectivity index (χ1v) is 11.0. The van der Waals surface area contributed by atoms with Gasteiger partial charge in [0, 0.05) is 36.5 Å². The van der Waals surface area contributed by atoms with Crippen LogP contribution in [-0.2, 0) is 6.42 Å². The molecule has 0 unspecified atom stereocenters. The lowest BCUT2D eigenvalue weighted by molar-refractivity contribution is 0.0930. The van der Waals surface area contributed by atoms with Gasteiger partial charge in [-0.3, -0.25) is 9.78 Å². The van der Waals surface area contributed by atoms with Gasteiger partial charge in [0.15, 0.2) is 11.6 Å². The van der Waals surface area contributed by atoms with E-state index >= 15 is 0 Å². The van der Waals surface area contributed by atoms with Crippen molar-refractivity contribution >= 4 is 17.3 Å². The number of amides is 1. The van der Waals surface area contributed by atoms with Crippen LogP contribution in [0.2, 0.25) is 0 Å². The van der Waals surface area contributed by atoms with Crippen LogP contribution in [0.25, 0.3) is 11.3 Å². The fraction of sp³-hybridized carbons (Fsp3) is 0.333. The number of aromatic nitrogens is 2. The Morgan fingerprint density at radius 2 is 2.15 bits per heavy atom. The van der Waals surface area contributed by atoms with E-state index in [1.54, 1.807) is 24.5 Å². The number of H-pyrrole nitrogens is 1. The molecule has 9 heteroatoms. The molecule has 33 heavy (non-hydrogen) atoms. The molecule has 172 valence electrons. The zero-order valence-corrected chi connectivity index (χ0v) is 18.5. The lowest BCUT2D eigenvalue weighted by Crippen LogP contribution is -2.39. The molecule has 2 aliphatic heterocycles. The molecule has 0 radical (unpaired) electrons. The number of halogens is 1. The zero-order valence-electron chi connectivity index (χ0n) is 18.5. The van der Waals surface area contributed by atoms with Gasteiger partial charge in [-0.1, -0.05) is 6.07 Å². The predicted molar refractivity (Wildman–Crippen MR) is 123 cm³/mol. The SMILES string of the molecule is COc1c(F)cccc1Nc1c(-c2ccncc2O[C@@H]2CCNC2)[nH]c2c1C(=O)N[C@@H](C)C2. The molecule has 2 aromatic heterocycles. The summed E-state index contributed by atoms with van der Waals surface area (Å²) in [5.74, 6) is 0.00700. The minimum atomic E-state index is -0.492. The highest BCUT2D eigenvalue weighted by Gasteiger charge is 2.31. The molecule has 1 saturated heterocycles. The highest BCUT2D eigenvalue weighted by atomic mass is 19.1. The molecular weight excluding hydrogens is 425 g/mol. The number of nitrogens with zero attached hydrogens (tertiary/aromatic N) is 1. The Bertz CT molecular complexity index is 1190. The van der Waals surface area contributed by atoms with E-state index in [-0.39, 0.29) is 23.8 Å². The maximum absolute atomic E-state index is 14.4. The molecule has 0 aliphatic carbocycles. The molecule has 5 rings (SSSR count). The van der Waals surface area contributed by atoms with E-state index in [4.69, 9.17) is 9.47 Å². The smallest absolute Gasteiger partial charge is 0.255 e. The van der Waals surface area contributed by atoms with E-state index in [9.17, 15) is 9.18 Å². The minimum Gasteiger partial charge on any atom is -0.492 e. The van der Waals surface area contributed by atoms with Crippen LogP contribution in [0.5, 0.6) is 11.5 Å². The van der Waals surface area contributed by atoms with Crippen molar-refractivity contribution in [2.45, 2.75) is 31.9 Å². The van der Waals surface area contributed by atoms with Gasteiger partial charge < -0.3 is 30.4 Å². The number of benzene rings is 1. The van der Waals surface area contributed by atoms with Crippen LogP contribution in [0.3, 0.4) is 0 Å². The van der Waals surface area contributed by atoms with Crippen molar-refractivity contribution in [1.29, 1.82) is 0 Å². The summed E-state index contributed by atoms with van der Waals surface area (Å²) < 4.78 is 25.9. The van der Waals surface area contributed by atoms with E-state index in [2.05, 4.69) is 25.9 Å². The average molecular weight is 452 g/mol. The summed E-state index contributed by atoms with van der Waals surface area (Å²) in [5.41, 5.74) is 3.72. The van der Waals surface area contributed by atoms with E-state index < -0.39 is 5.82 Å². The number of carbonyl (C=O) groups excluding carboxylic acids is 1. The molecule has 8 nitrogen and oxygen atoms in total. The van der Waals surface area contributed by atoms with E-state index in [1.807, 2.05) is 13.0 Å². The Balaban J connectivity index is 1.64. The number of aromatic amines is 1. The number of ether oxygens (including phenoxy) is 2. The van der Waals surface area contributed by atoms with Crippen LogP contribution in [0.4, 0.5) is 15.8 Å².